The minimum atomic E-state index is -3.84. The van der Waals surface area contributed by atoms with Crippen LogP contribution in [0.5, 0.6) is 0 Å². The third-order valence-corrected chi connectivity index (χ3v) is 9.09. The van der Waals surface area contributed by atoms with E-state index in [9.17, 15) is 18.0 Å². The summed E-state index contributed by atoms with van der Waals surface area (Å²) in [5.74, 6) is 0.0580. The number of carbonyl (C=O) groups is 1. The first-order chi connectivity index (χ1) is 18.0. The largest absolute Gasteiger partial charge is 0.363 e. The van der Waals surface area contributed by atoms with E-state index in [0.717, 1.165) is 41.4 Å². The van der Waals surface area contributed by atoms with Gasteiger partial charge in [0.15, 0.2) is 20.9 Å². The Morgan fingerprint density at radius 1 is 1.21 bits per heavy atom. The Bertz CT molecular complexity index is 1460. The smallest absolute Gasteiger partial charge is 0.264 e. The lowest BCUT2D eigenvalue weighted by Gasteiger charge is -2.28. The van der Waals surface area contributed by atoms with Gasteiger partial charge in [0.25, 0.3) is 11.5 Å². The Morgan fingerprint density at radius 2 is 1.97 bits per heavy atom. The van der Waals surface area contributed by atoms with Gasteiger partial charge in [0.2, 0.25) is 0 Å². The summed E-state index contributed by atoms with van der Waals surface area (Å²) in [6.45, 7) is 1.90. The van der Waals surface area contributed by atoms with Gasteiger partial charge in [-0.3, -0.25) is 9.59 Å². The Morgan fingerprint density at radius 3 is 2.61 bits per heavy atom. The number of fused-ring (bicyclic) bond motifs is 1. The molecule has 11 heteroatoms. The highest BCUT2D eigenvalue weighted by Gasteiger charge is 2.44. The van der Waals surface area contributed by atoms with Crippen LogP contribution in [0.1, 0.15) is 32.6 Å². The number of ether oxygens (including phenoxy) is 1. The van der Waals surface area contributed by atoms with Crippen molar-refractivity contribution in [3.8, 4) is 11.1 Å². The summed E-state index contributed by atoms with van der Waals surface area (Å²) in [5.41, 5.74) is 3.86. The van der Waals surface area contributed by atoms with Gasteiger partial charge in [0.05, 0.1) is 0 Å². The standard InChI is InChI=1S/C27H34N4O6S/c1-27(38(4,34)35,26(33)29-37-24-7-5-6-16-36-24)13-15-31-14-12-20-17-19(8-10-22(20)25(31)32)21-9-11-23(28-18-21)30(2)3/h8-12,14,17-18,24H,5-7,13,15-16H2,1-4H3,(H,29,33)/t24?,27-/m1/s1. The molecule has 38 heavy (non-hydrogen) atoms. The van der Waals surface area contributed by atoms with E-state index in [1.807, 2.05) is 49.3 Å². The van der Waals surface area contributed by atoms with Gasteiger partial charge in [-0.2, -0.15) is 0 Å². The van der Waals surface area contributed by atoms with Crippen molar-refractivity contribution < 1.29 is 22.8 Å². The van der Waals surface area contributed by atoms with E-state index in [4.69, 9.17) is 9.57 Å². The number of rotatable bonds is 9. The quantitative estimate of drug-likeness (QED) is 0.410. The van der Waals surface area contributed by atoms with Crippen LogP contribution in [0.4, 0.5) is 5.82 Å². The van der Waals surface area contributed by atoms with Crippen molar-refractivity contribution in [2.24, 2.45) is 0 Å². The van der Waals surface area contributed by atoms with E-state index in [1.54, 1.807) is 18.5 Å². The van der Waals surface area contributed by atoms with Crippen molar-refractivity contribution in [1.82, 2.24) is 15.0 Å². The molecule has 1 aliphatic heterocycles. The SMILES string of the molecule is CN(C)c1ccc(-c2ccc3c(=O)n(CC[C@](C)(C(=O)NOC4CCCCO4)S(C)(=O)=O)ccc3c2)cn1. The normalized spacial score (nSPS) is 17.6. The number of nitrogens with zero attached hydrogens (tertiary/aromatic N) is 3. The van der Waals surface area contributed by atoms with Crippen LogP contribution in [0.15, 0.2) is 53.6 Å². The van der Waals surface area contributed by atoms with Gasteiger partial charge in [0.1, 0.15) is 5.82 Å². The van der Waals surface area contributed by atoms with Crippen LogP contribution >= 0.6 is 0 Å². The van der Waals surface area contributed by atoms with Crippen molar-refractivity contribution in [2.75, 3.05) is 31.9 Å². The predicted octanol–water partition coefficient (Wildman–Crippen LogP) is 2.90. The molecule has 0 aliphatic carbocycles. The maximum atomic E-state index is 13.2. The summed E-state index contributed by atoms with van der Waals surface area (Å²) in [4.78, 5) is 37.8. The molecule has 1 saturated heterocycles. The fourth-order valence-corrected chi connectivity index (χ4v) is 5.14. The molecule has 4 rings (SSSR count). The van der Waals surface area contributed by atoms with Gasteiger partial charge in [-0.25, -0.2) is 23.7 Å². The maximum absolute atomic E-state index is 13.2. The number of pyridine rings is 2. The van der Waals surface area contributed by atoms with E-state index in [1.165, 1.54) is 11.5 Å². The topological polar surface area (TPSA) is 120 Å². The molecule has 2 aromatic heterocycles. The van der Waals surface area contributed by atoms with Crippen molar-refractivity contribution in [3.63, 3.8) is 0 Å². The molecule has 1 aromatic carbocycles. The molecule has 1 fully saturated rings. The number of benzene rings is 1. The second-order valence-electron chi connectivity index (χ2n) is 10.0. The molecule has 1 aliphatic rings. The summed E-state index contributed by atoms with van der Waals surface area (Å²) in [7, 11) is 0.00560. The number of hydrogen-bond donors (Lipinski definition) is 1. The van der Waals surface area contributed by atoms with Crippen molar-refractivity contribution in [2.45, 2.75) is 50.2 Å². The molecule has 2 atom stereocenters. The Balaban J connectivity index is 1.52. The zero-order chi connectivity index (χ0) is 27.5. The van der Waals surface area contributed by atoms with Crippen LogP contribution in [0.2, 0.25) is 0 Å². The van der Waals surface area contributed by atoms with Crippen molar-refractivity contribution in [1.29, 1.82) is 0 Å². The Labute approximate surface area is 222 Å². The van der Waals surface area contributed by atoms with E-state index in [0.29, 0.717) is 18.4 Å². The first-order valence-electron chi connectivity index (χ1n) is 12.5. The zero-order valence-electron chi connectivity index (χ0n) is 22.1. The zero-order valence-corrected chi connectivity index (χ0v) is 23.0. The highest BCUT2D eigenvalue weighted by atomic mass is 32.2. The molecular formula is C27H34N4O6S. The third-order valence-electron chi connectivity index (χ3n) is 7.07. The van der Waals surface area contributed by atoms with Crippen molar-refractivity contribution in [3.05, 3.63) is 59.1 Å². The summed E-state index contributed by atoms with van der Waals surface area (Å²) < 4.78 is 30.4. The summed E-state index contributed by atoms with van der Waals surface area (Å²) in [5, 5.41) is 1.25. The Kier molecular flexibility index (Phi) is 8.19. The van der Waals surface area contributed by atoms with E-state index < -0.39 is 26.8 Å². The van der Waals surface area contributed by atoms with Gasteiger partial charge >= 0.3 is 0 Å². The number of amides is 1. The number of hydrogen-bond acceptors (Lipinski definition) is 8. The van der Waals surface area contributed by atoms with Gasteiger partial charge in [-0.1, -0.05) is 6.07 Å². The average molecular weight is 543 g/mol. The molecule has 0 saturated carbocycles. The molecule has 3 aromatic rings. The Hall–Kier alpha value is -3.28. The summed E-state index contributed by atoms with van der Waals surface area (Å²) in [6, 6.07) is 11.3. The fraction of sp³-hybridized carbons (Fsp3) is 0.444. The highest BCUT2D eigenvalue weighted by Crippen LogP contribution is 2.25. The van der Waals surface area contributed by atoms with Crippen LogP contribution in [-0.4, -0.2) is 61.9 Å². The molecule has 204 valence electrons. The van der Waals surface area contributed by atoms with Crippen LogP contribution < -0.4 is 15.9 Å². The minimum absolute atomic E-state index is 0.0311. The van der Waals surface area contributed by atoms with E-state index in [2.05, 4.69) is 10.5 Å². The summed E-state index contributed by atoms with van der Waals surface area (Å²) in [6.07, 6.45) is 6.13. The lowest BCUT2D eigenvalue weighted by atomic mass is 10.0. The van der Waals surface area contributed by atoms with Gasteiger partial charge < -0.3 is 14.2 Å². The molecule has 0 bridgehead atoms. The van der Waals surface area contributed by atoms with Gasteiger partial charge in [0, 0.05) is 63.3 Å². The average Bonchev–Trinajstić information content (AvgIpc) is 2.91. The molecule has 10 nitrogen and oxygen atoms in total. The lowest BCUT2D eigenvalue weighted by Crippen LogP contribution is -2.51. The fourth-order valence-electron chi connectivity index (χ4n) is 4.30. The number of aryl methyl sites for hydroxylation is 1. The van der Waals surface area contributed by atoms with E-state index >= 15 is 0 Å². The number of carbonyl (C=O) groups excluding carboxylic acids is 1. The molecule has 1 unspecified atom stereocenters. The minimum Gasteiger partial charge on any atom is -0.363 e. The number of hydroxylamine groups is 1. The van der Waals surface area contributed by atoms with Gasteiger partial charge in [-0.15, -0.1) is 0 Å². The van der Waals surface area contributed by atoms with Crippen molar-refractivity contribution >= 4 is 32.3 Å². The first kappa shape index (κ1) is 27.7. The molecular weight excluding hydrogens is 508 g/mol. The number of anilines is 1. The van der Waals surface area contributed by atoms with Crippen LogP contribution in [0.3, 0.4) is 0 Å². The van der Waals surface area contributed by atoms with E-state index in [-0.39, 0.29) is 18.5 Å². The number of aromatic nitrogens is 2. The highest BCUT2D eigenvalue weighted by molar-refractivity contribution is 7.92. The molecule has 0 radical (unpaired) electrons. The molecule has 0 spiro atoms. The molecule has 1 amide bonds. The lowest BCUT2D eigenvalue weighted by molar-refractivity contribution is -0.201. The maximum Gasteiger partial charge on any atom is 0.264 e. The number of nitrogens with one attached hydrogen (secondary N) is 1. The summed E-state index contributed by atoms with van der Waals surface area (Å²) >= 11 is 0. The monoisotopic (exact) mass is 542 g/mol. The third kappa shape index (κ3) is 5.90. The first-order valence-corrected chi connectivity index (χ1v) is 14.4. The van der Waals surface area contributed by atoms with Gasteiger partial charge in [-0.05, 0) is 67.5 Å². The molecule has 3 heterocycles. The van der Waals surface area contributed by atoms with Crippen LogP contribution in [0.25, 0.3) is 21.9 Å². The predicted molar refractivity (Wildman–Crippen MR) is 146 cm³/mol. The molecule has 1 N–H and O–H groups in total. The van der Waals surface area contributed by atoms with Crippen LogP contribution in [-0.2, 0) is 30.8 Å². The number of sulfone groups is 1. The second-order valence-corrected chi connectivity index (χ2v) is 12.5. The second kappa shape index (κ2) is 11.2. The van der Waals surface area contributed by atoms with Crippen LogP contribution in [0, 0.1) is 0 Å².